The van der Waals surface area contributed by atoms with Crippen molar-refractivity contribution in [2.45, 2.75) is 0 Å². The van der Waals surface area contributed by atoms with Crippen LogP contribution in [0.2, 0.25) is 0 Å². The molecule has 9 nitrogen and oxygen atoms in total. The van der Waals surface area contributed by atoms with Gasteiger partial charge in [-0.25, -0.2) is 34.3 Å². The molecule has 4 heterocycles. The van der Waals surface area contributed by atoms with Crippen molar-refractivity contribution in [1.29, 1.82) is 0 Å². The number of hydrogen-bond donors (Lipinski definition) is 1. The van der Waals surface area contributed by atoms with E-state index in [9.17, 15) is 0 Å². The van der Waals surface area contributed by atoms with Gasteiger partial charge < -0.3 is 5.73 Å². The molecule has 0 radical (unpaired) electrons. The molecule has 0 bridgehead atoms. The first-order valence-corrected chi connectivity index (χ1v) is 5.42. The third kappa shape index (κ3) is 1.35. The molecule has 0 fully saturated rings. The highest BCUT2D eigenvalue weighted by Gasteiger charge is 2.10. The maximum atomic E-state index is 5.60. The monoisotopic (exact) mass is 253 g/mol. The molecule has 0 saturated carbocycles. The highest BCUT2D eigenvalue weighted by molar-refractivity contribution is 5.73. The Morgan fingerprint density at radius 2 is 1.58 bits per heavy atom. The topological polar surface area (TPSA) is 113 Å². The van der Waals surface area contributed by atoms with Gasteiger partial charge in [0.25, 0.3) is 0 Å². The van der Waals surface area contributed by atoms with E-state index in [0.29, 0.717) is 22.3 Å². The van der Waals surface area contributed by atoms with E-state index in [-0.39, 0.29) is 5.95 Å². The minimum Gasteiger partial charge on any atom is -0.368 e. The fourth-order valence-corrected chi connectivity index (χ4v) is 1.88. The molecule has 0 atom stereocenters. The van der Waals surface area contributed by atoms with E-state index in [1.54, 1.807) is 34.4 Å². The van der Waals surface area contributed by atoms with Crippen molar-refractivity contribution in [1.82, 2.24) is 39.3 Å². The number of nitrogens with two attached hydrogens (primary N) is 1. The van der Waals surface area contributed by atoms with Crippen LogP contribution in [0.25, 0.3) is 22.3 Å². The summed E-state index contributed by atoms with van der Waals surface area (Å²) in [6, 6.07) is 0. The van der Waals surface area contributed by atoms with Crippen molar-refractivity contribution in [2.75, 3.05) is 5.73 Å². The number of hydrogen-bond acceptors (Lipinski definition) is 7. The molecular weight excluding hydrogens is 246 g/mol. The Labute approximate surface area is 105 Å². The molecule has 0 aromatic carbocycles. The zero-order valence-corrected chi connectivity index (χ0v) is 9.54. The third-order valence-electron chi connectivity index (χ3n) is 2.72. The zero-order chi connectivity index (χ0) is 12.8. The Balaban J connectivity index is 2.06. The molecule has 4 aromatic heterocycles. The van der Waals surface area contributed by atoms with Crippen LogP contribution in [0.5, 0.6) is 0 Å². The predicted molar refractivity (Wildman–Crippen MR) is 65.9 cm³/mol. The van der Waals surface area contributed by atoms with Gasteiger partial charge in [0, 0.05) is 0 Å². The molecule has 0 aliphatic heterocycles. The fourth-order valence-electron chi connectivity index (χ4n) is 1.88. The molecule has 4 aromatic rings. The first-order chi connectivity index (χ1) is 9.33. The van der Waals surface area contributed by atoms with Gasteiger partial charge in [-0.1, -0.05) is 0 Å². The average molecular weight is 253 g/mol. The van der Waals surface area contributed by atoms with Gasteiger partial charge in [-0.05, 0) is 0 Å². The smallest absolute Gasteiger partial charge is 0.222 e. The lowest BCUT2D eigenvalue weighted by Gasteiger charge is -2.04. The molecule has 4 rings (SSSR count). The van der Waals surface area contributed by atoms with Gasteiger partial charge >= 0.3 is 0 Å². The van der Waals surface area contributed by atoms with Crippen LogP contribution in [0.3, 0.4) is 0 Å². The second-order valence-corrected chi connectivity index (χ2v) is 3.85. The van der Waals surface area contributed by atoms with Crippen molar-refractivity contribution in [2.24, 2.45) is 0 Å². The quantitative estimate of drug-likeness (QED) is 0.502. The summed E-state index contributed by atoms with van der Waals surface area (Å²) in [4.78, 5) is 24.6. The molecule has 9 heteroatoms. The van der Waals surface area contributed by atoms with Crippen LogP contribution in [0, 0.1) is 0 Å². The maximum Gasteiger partial charge on any atom is 0.222 e. The maximum absolute atomic E-state index is 5.60. The number of nitrogen functional groups attached to an aromatic ring is 1. The second-order valence-electron chi connectivity index (χ2n) is 3.85. The van der Waals surface area contributed by atoms with Gasteiger partial charge in [-0.15, -0.1) is 0 Å². The Hall–Kier alpha value is -3.10. The number of anilines is 1. The molecule has 0 unspecified atom stereocenters. The normalized spacial score (nSPS) is 11.4. The first-order valence-electron chi connectivity index (χ1n) is 5.42. The predicted octanol–water partition coefficient (Wildman–Crippen LogP) is -0.140. The number of imidazole rings is 2. The average Bonchev–Trinajstić information content (AvgIpc) is 3.01. The summed E-state index contributed by atoms with van der Waals surface area (Å²) < 4.78 is 3.43. The number of fused-ring (bicyclic) bond motifs is 2. The van der Waals surface area contributed by atoms with Crippen LogP contribution >= 0.6 is 0 Å². The van der Waals surface area contributed by atoms with Gasteiger partial charge in [-0.3, -0.25) is 0 Å². The molecular formula is C10H7N9. The summed E-state index contributed by atoms with van der Waals surface area (Å²) in [5.41, 5.74) is 8.18. The minimum atomic E-state index is 0.188. The van der Waals surface area contributed by atoms with E-state index in [2.05, 4.69) is 29.9 Å². The van der Waals surface area contributed by atoms with Crippen molar-refractivity contribution < 1.29 is 0 Å². The Morgan fingerprint density at radius 3 is 2.42 bits per heavy atom. The summed E-state index contributed by atoms with van der Waals surface area (Å²) in [5.74, 6) is 0.188. The summed E-state index contributed by atoms with van der Waals surface area (Å²) in [6.45, 7) is 0. The summed E-state index contributed by atoms with van der Waals surface area (Å²) in [7, 11) is 0. The third-order valence-corrected chi connectivity index (χ3v) is 2.72. The number of aromatic nitrogens is 8. The van der Waals surface area contributed by atoms with Crippen LogP contribution in [0.1, 0.15) is 0 Å². The lowest BCUT2D eigenvalue weighted by Crippen LogP contribution is -2.08. The van der Waals surface area contributed by atoms with Gasteiger partial charge in [0.05, 0.1) is 12.4 Å². The molecule has 0 amide bonds. The number of nitrogens with zero attached hydrogens (tertiary/aromatic N) is 8. The SMILES string of the molecule is Nc1ncc2ncn(-n3cnc4cncnc43)c2n1. The summed E-state index contributed by atoms with van der Waals surface area (Å²) in [6.07, 6.45) is 7.91. The Kier molecular flexibility index (Phi) is 1.79. The van der Waals surface area contributed by atoms with Crippen LogP contribution < -0.4 is 5.73 Å². The van der Waals surface area contributed by atoms with E-state index in [4.69, 9.17) is 5.73 Å². The Morgan fingerprint density at radius 1 is 0.842 bits per heavy atom. The van der Waals surface area contributed by atoms with Crippen LogP contribution in [0.4, 0.5) is 5.95 Å². The zero-order valence-electron chi connectivity index (χ0n) is 9.54. The van der Waals surface area contributed by atoms with Gasteiger partial charge in [-0.2, -0.15) is 4.98 Å². The van der Waals surface area contributed by atoms with Crippen LogP contribution in [0.15, 0.2) is 31.4 Å². The molecule has 19 heavy (non-hydrogen) atoms. The largest absolute Gasteiger partial charge is 0.368 e. The lowest BCUT2D eigenvalue weighted by molar-refractivity contribution is 0.687. The van der Waals surface area contributed by atoms with E-state index in [0.717, 1.165) is 0 Å². The minimum absolute atomic E-state index is 0.188. The molecule has 0 aliphatic carbocycles. The second kappa shape index (κ2) is 3.45. The molecule has 0 aliphatic rings. The van der Waals surface area contributed by atoms with Crippen LogP contribution in [-0.2, 0) is 0 Å². The van der Waals surface area contributed by atoms with Gasteiger partial charge in [0.1, 0.15) is 30.0 Å². The molecule has 0 spiro atoms. The van der Waals surface area contributed by atoms with Crippen molar-refractivity contribution in [3.63, 3.8) is 0 Å². The van der Waals surface area contributed by atoms with E-state index < -0.39 is 0 Å². The van der Waals surface area contributed by atoms with E-state index in [1.165, 1.54) is 6.33 Å². The highest BCUT2D eigenvalue weighted by Crippen LogP contribution is 2.14. The van der Waals surface area contributed by atoms with Gasteiger partial charge in [0.2, 0.25) is 5.95 Å². The first kappa shape index (κ1) is 9.88. The van der Waals surface area contributed by atoms with Crippen molar-refractivity contribution >= 4 is 28.3 Å². The van der Waals surface area contributed by atoms with E-state index in [1.807, 2.05) is 0 Å². The summed E-state index contributed by atoms with van der Waals surface area (Å²) >= 11 is 0. The Bertz CT molecular complexity index is 890. The lowest BCUT2D eigenvalue weighted by atomic mass is 10.5. The number of rotatable bonds is 1. The van der Waals surface area contributed by atoms with Crippen LogP contribution in [-0.4, -0.2) is 39.3 Å². The van der Waals surface area contributed by atoms with Crippen molar-refractivity contribution in [3.05, 3.63) is 31.4 Å². The molecule has 0 saturated heterocycles. The van der Waals surface area contributed by atoms with Crippen molar-refractivity contribution in [3.8, 4) is 0 Å². The van der Waals surface area contributed by atoms with E-state index >= 15 is 0 Å². The standard InChI is InChI=1S/C10H7N9/c11-10-13-2-7-9(17-10)19(5-16-7)18-4-15-6-1-12-3-14-8(6)18/h1-5H,(H2,11,13,17). The molecule has 92 valence electrons. The fraction of sp³-hybridized carbons (Fsp3) is 0. The summed E-state index contributed by atoms with van der Waals surface area (Å²) in [5, 5.41) is 0. The highest BCUT2D eigenvalue weighted by atomic mass is 15.5. The molecule has 2 N–H and O–H groups in total. The van der Waals surface area contributed by atoms with Gasteiger partial charge in [0.15, 0.2) is 11.3 Å².